The molecule has 0 spiro atoms. The van der Waals surface area contributed by atoms with Crippen LogP contribution in [0.2, 0.25) is 0 Å². The number of benzene rings is 1. The van der Waals surface area contributed by atoms with Gasteiger partial charge in [0.1, 0.15) is 5.92 Å². The van der Waals surface area contributed by atoms with Crippen LogP contribution in [0, 0.1) is 5.92 Å². The van der Waals surface area contributed by atoms with E-state index in [9.17, 15) is 9.59 Å². The summed E-state index contributed by atoms with van der Waals surface area (Å²) in [4.78, 5) is 26.4. The van der Waals surface area contributed by atoms with E-state index in [4.69, 9.17) is 0 Å². The first-order valence-corrected chi connectivity index (χ1v) is 6.71. The van der Waals surface area contributed by atoms with Crippen LogP contribution in [0.4, 0.5) is 17.1 Å². The molecular formula is C14H17N3O2. The van der Waals surface area contributed by atoms with Gasteiger partial charge in [-0.05, 0) is 18.6 Å². The molecule has 3 rings (SSSR count). The number of amides is 2. The van der Waals surface area contributed by atoms with Crippen molar-refractivity contribution in [3.8, 4) is 0 Å². The van der Waals surface area contributed by atoms with Gasteiger partial charge in [0.2, 0.25) is 11.8 Å². The third-order valence-electron chi connectivity index (χ3n) is 3.72. The van der Waals surface area contributed by atoms with Crippen LogP contribution in [0.3, 0.4) is 0 Å². The summed E-state index contributed by atoms with van der Waals surface area (Å²) in [7, 11) is 0. The SMILES string of the molecule is CCCCC1C(=O)Nc2cccc3c2N(CN3)C1=O. The Morgan fingerprint density at radius 3 is 2.89 bits per heavy atom. The van der Waals surface area contributed by atoms with E-state index >= 15 is 0 Å². The maximum absolute atomic E-state index is 12.5. The fourth-order valence-electron chi connectivity index (χ4n) is 2.69. The molecular weight excluding hydrogens is 242 g/mol. The minimum atomic E-state index is -0.569. The molecule has 0 saturated carbocycles. The number of carbonyl (C=O) groups is 2. The first kappa shape index (κ1) is 12.0. The van der Waals surface area contributed by atoms with Crippen molar-refractivity contribution in [1.82, 2.24) is 0 Å². The zero-order valence-corrected chi connectivity index (χ0v) is 10.9. The zero-order valence-electron chi connectivity index (χ0n) is 10.9. The Morgan fingerprint density at radius 1 is 1.32 bits per heavy atom. The van der Waals surface area contributed by atoms with E-state index in [2.05, 4.69) is 17.6 Å². The number of nitrogens with one attached hydrogen (secondary N) is 2. The average molecular weight is 259 g/mol. The number of rotatable bonds is 3. The van der Waals surface area contributed by atoms with Crippen LogP contribution in [0.25, 0.3) is 0 Å². The van der Waals surface area contributed by atoms with Crippen molar-refractivity contribution in [3.63, 3.8) is 0 Å². The van der Waals surface area contributed by atoms with Crippen LogP contribution in [-0.2, 0) is 9.59 Å². The molecule has 1 aromatic carbocycles. The van der Waals surface area contributed by atoms with Crippen molar-refractivity contribution in [1.29, 1.82) is 0 Å². The van der Waals surface area contributed by atoms with Crippen LogP contribution in [0.1, 0.15) is 26.2 Å². The minimum absolute atomic E-state index is 0.0952. The standard InChI is InChI=1S/C14H17N3O2/c1-2-3-5-9-13(18)16-11-7-4-6-10-12(11)17(8-15-10)14(9)19/h4,6-7,9,15H,2-3,5,8H2,1H3,(H,16,18). The van der Waals surface area contributed by atoms with Gasteiger partial charge in [-0.1, -0.05) is 25.8 Å². The molecule has 0 aliphatic carbocycles. The molecule has 2 heterocycles. The first-order valence-electron chi connectivity index (χ1n) is 6.71. The van der Waals surface area contributed by atoms with E-state index < -0.39 is 5.92 Å². The lowest BCUT2D eigenvalue weighted by Gasteiger charge is -2.18. The predicted octanol–water partition coefficient (Wildman–Crippen LogP) is 2.16. The summed E-state index contributed by atoms with van der Waals surface area (Å²) < 4.78 is 0. The van der Waals surface area contributed by atoms with Gasteiger partial charge in [-0.3, -0.25) is 14.5 Å². The van der Waals surface area contributed by atoms with Gasteiger partial charge in [-0.15, -0.1) is 0 Å². The molecule has 2 aliphatic heterocycles. The predicted molar refractivity (Wildman–Crippen MR) is 74.1 cm³/mol. The van der Waals surface area contributed by atoms with Crippen molar-refractivity contribution in [2.24, 2.45) is 5.92 Å². The smallest absolute Gasteiger partial charge is 0.241 e. The van der Waals surface area contributed by atoms with Gasteiger partial charge in [0, 0.05) is 0 Å². The van der Waals surface area contributed by atoms with Crippen molar-refractivity contribution in [2.75, 3.05) is 22.2 Å². The Kier molecular flexibility index (Phi) is 2.89. The van der Waals surface area contributed by atoms with Gasteiger partial charge in [-0.2, -0.15) is 0 Å². The fourth-order valence-corrected chi connectivity index (χ4v) is 2.69. The van der Waals surface area contributed by atoms with Crippen LogP contribution >= 0.6 is 0 Å². The fraction of sp³-hybridized carbons (Fsp3) is 0.429. The zero-order chi connectivity index (χ0) is 13.4. The van der Waals surface area contributed by atoms with E-state index in [1.54, 1.807) is 4.90 Å². The Balaban J connectivity index is 1.99. The molecule has 0 fully saturated rings. The number of para-hydroxylation sites is 1. The van der Waals surface area contributed by atoms with E-state index in [1.807, 2.05) is 18.2 Å². The summed E-state index contributed by atoms with van der Waals surface area (Å²) in [5, 5.41) is 6.07. The summed E-state index contributed by atoms with van der Waals surface area (Å²) in [6.07, 6.45) is 2.47. The normalized spacial score (nSPS) is 20.7. The van der Waals surface area contributed by atoms with Gasteiger partial charge >= 0.3 is 0 Å². The summed E-state index contributed by atoms with van der Waals surface area (Å²) in [6, 6.07) is 5.64. The third kappa shape index (κ3) is 1.85. The van der Waals surface area contributed by atoms with Crippen molar-refractivity contribution < 1.29 is 9.59 Å². The topological polar surface area (TPSA) is 61.4 Å². The second kappa shape index (κ2) is 4.57. The van der Waals surface area contributed by atoms with Crippen molar-refractivity contribution in [2.45, 2.75) is 26.2 Å². The number of unbranched alkanes of at least 4 members (excludes halogenated alkanes) is 1. The van der Waals surface area contributed by atoms with Crippen LogP contribution in [0.5, 0.6) is 0 Å². The number of carbonyl (C=O) groups excluding carboxylic acids is 2. The maximum Gasteiger partial charge on any atom is 0.241 e. The minimum Gasteiger partial charge on any atom is -0.366 e. The summed E-state index contributed by atoms with van der Waals surface area (Å²) in [6.45, 7) is 2.51. The second-order valence-electron chi connectivity index (χ2n) is 4.99. The number of nitrogens with zero attached hydrogens (tertiary/aromatic N) is 1. The quantitative estimate of drug-likeness (QED) is 0.818. The Labute approximate surface area is 112 Å². The lowest BCUT2D eigenvalue weighted by Crippen LogP contribution is -2.39. The summed E-state index contributed by atoms with van der Waals surface area (Å²) in [5.41, 5.74) is 2.43. The summed E-state index contributed by atoms with van der Waals surface area (Å²) in [5.74, 6) is -0.844. The Bertz CT molecular complexity index is 541. The molecule has 0 aromatic heterocycles. The molecule has 100 valence electrons. The average Bonchev–Trinajstić information content (AvgIpc) is 2.79. The molecule has 1 unspecified atom stereocenters. The highest BCUT2D eigenvalue weighted by molar-refractivity contribution is 6.19. The molecule has 2 aliphatic rings. The Hall–Kier alpha value is -2.04. The molecule has 5 heteroatoms. The van der Waals surface area contributed by atoms with E-state index in [0.717, 1.165) is 29.9 Å². The lowest BCUT2D eigenvalue weighted by atomic mass is 10.00. The van der Waals surface area contributed by atoms with Gasteiger partial charge in [-0.25, -0.2) is 0 Å². The van der Waals surface area contributed by atoms with E-state index in [-0.39, 0.29) is 11.8 Å². The highest BCUT2D eigenvalue weighted by atomic mass is 16.2. The van der Waals surface area contributed by atoms with E-state index in [0.29, 0.717) is 13.1 Å². The molecule has 19 heavy (non-hydrogen) atoms. The number of hydrogen-bond acceptors (Lipinski definition) is 3. The first-order chi connectivity index (χ1) is 9.22. The molecule has 1 aromatic rings. The summed E-state index contributed by atoms with van der Waals surface area (Å²) >= 11 is 0. The van der Waals surface area contributed by atoms with Crippen LogP contribution < -0.4 is 15.5 Å². The van der Waals surface area contributed by atoms with Crippen molar-refractivity contribution >= 4 is 28.9 Å². The van der Waals surface area contributed by atoms with Gasteiger partial charge in [0.05, 0.1) is 23.7 Å². The molecule has 2 amide bonds. The molecule has 0 saturated heterocycles. The van der Waals surface area contributed by atoms with Gasteiger partial charge < -0.3 is 10.6 Å². The van der Waals surface area contributed by atoms with Crippen molar-refractivity contribution in [3.05, 3.63) is 18.2 Å². The molecule has 0 bridgehead atoms. The molecule has 2 N–H and O–H groups in total. The molecule has 5 nitrogen and oxygen atoms in total. The second-order valence-corrected chi connectivity index (χ2v) is 4.99. The van der Waals surface area contributed by atoms with Gasteiger partial charge in [0.25, 0.3) is 0 Å². The van der Waals surface area contributed by atoms with Crippen LogP contribution in [0.15, 0.2) is 18.2 Å². The third-order valence-corrected chi connectivity index (χ3v) is 3.72. The Morgan fingerprint density at radius 2 is 2.11 bits per heavy atom. The number of hydrogen-bond donors (Lipinski definition) is 2. The van der Waals surface area contributed by atoms with E-state index in [1.165, 1.54) is 0 Å². The van der Waals surface area contributed by atoms with Gasteiger partial charge in [0.15, 0.2) is 0 Å². The maximum atomic E-state index is 12.5. The lowest BCUT2D eigenvalue weighted by molar-refractivity contribution is -0.130. The highest BCUT2D eigenvalue weighted by Crippen LogP contribution is 2.41. The van der Waals surface area contributed by atoms with Crippen LogP contribution in [-0.4, -0.2) is 18.5 Å². The molecule has 0 radical (unpaired) electrons. The monoisotopic (exact) mass is 259 g/mol. The number of anilines is 3. The highest BCUT2D eigenvalue weighted by Gasteiger charge is 2.38. The largest absolute Gasteiger partial charge is 0.366 e. The molecule has 1 atom stereocenters.